The lowest BCUT2D eigenvalue weighted by molar-refractivity contribution is -0.137. The molecule has 0 amide bonds. The van der Waals surface area contributed by atoms with Crippen LogP contribution < -0.4 is 5.32 Å². The molecule has 0 saturated carbocycles. The van der Waals surface area contributed by atoms with Gasteiger partial charge in [0.2, 0.25) is 0 Å². The third-order valence-electron chi connectivity index (χ3n) is 2.97. The Balaban J connectivity index is 2.21. The lowest BCUT2D eigenvalue weighted by atomic mass is 10.2. The number of fused-ring (bicyclic) bond motifs is 1. The molecule has 0 aliphatic rings. The average Bonchev–Trinajstić information content (AvgIpc) is 2.76. The van der Waals surface area contributed by atoms with Crippen LogP contribution in [0.1, 0.15) is 30.8 Å². The number of nitrogens with one attached hydrogen (secondary N) is 1. The maximum atomic E-state index is 12.6. The second-order valence-corrected chi connectivity index (χ2v) is 5.59. The Hall–Kier alpha value is -1.14. The number of benzene rings is 1. The van der Waals surface area contributed by atoms with Crippen LogP contribution in [0.15, 0.2) is 18.2 Å². The van der Waals surface area contributed by atoms with E-state index >= 15 is 0 Å². The molecule has 1 atom stereocenters. The summed E-state index contributed by atoms with van der Waals surface area (Å²) >= 11 is 1.43. The van der Waals surface area contributed by atoms with Gasteiger partial charge in [0.25, 0.3) is 0 Å². The molecule has 1 aromatic heterocycles. The van der Waals surface area contributed by atoms with Crippen molar-refractivity contribution in [1.82, 2.24) is 10.3 Å². The fourth-order valence-electron chi connectivity index (χ4n) is 1.63. The highest BCUT2D eigenvalue weighted by Gasteiger charge is 2.30. The molecule has 2 nitrogen and oxygen atoms in total. The summed E-state index contributed by atoms with van der Waals surface area (Å²) in [6.07, 6.45) is -3.31. The van der Waals surface area contributed by atoms with Crippen LogP contribution in [-0.2, 0) is 12.7 Å². The van der Waals surface area contributed by atoms with Crippen molar-refractivity contribution < 1.29 is 13.2 Å². The van der Waals surface area contributed by atoms with Crippen LogP contribution in [-0.4, -0.2) is 11.0 Å². The molecular formula is C13H15F3N2S. The third kappa shape index (κ3) is 3.45. The molecule has 0 bridgehead atoms. The topological polar surface area (TPSA) is 24.9 Å². The molecule has 0 aliphatic heterocycles. The standard InChI is InChI=1S/C13H15F3N2S/c1-3-8(2)17-7-12-18-10-6-9(13(14,15)16)4-5-11(10)19-12/h4-6,8,17H,3,7H2,1-2H3. The van der Waals surface area contributed by atoms with Crippen molar-refractivity contribution in [2.24, 2.45) is 0 Å². The predicted octanol–water partition coefficient (Wildman–Crippen LogP) is 4.20. The minimum Gasteiger partial charge on any atom is -0.308 e. The maximum absolute atomic E-state index is 12.6. The van der Waals surface area contributed by atoms with E-state index in [9.17, 15) is 13.2 Å². The number of thiazole rings is 1. The minimum absolute atomic E-state index is 0.373. The van der Waals surface area contributed by atoms with Crippen LogP contribution in [0.4, 0.5) is 13.2 Å². The molecule has 0 fully saturated rings. The van der Waals surface area contributed by atoms with Gasteiger partial charge in [-0.15, -0.1) is 11.3 Å². The molecule has 6 heteroatoms. The molecule has 1 aromatic carbocycles. The number of aromatic nitrogens is 1. The van der Waals surface area contributed by atoms with Crippen molar-refractivity contribution in [2.45, 2.75) is 39.0 Å². The van der Waals surface area contributed by atoms with Gasteiger partial charge in [0.05, 0.1) is 15.8 Å². The Bertz CT molecular complexity index is 563. The summed E-state index contributed by atoms with van der Waals surface area (Å²) < 4.78 is 38.5. The van der Waals surface area contributed by atoms with E-state index in [0.29, 0.717) is 18.1 Å². The quantitative estimate of drug-likeness (QED) is 0.912. The van der Waals surface area contributed by atoms with E-state index in [0.717, 1.165) is 28.3 Å². The van der Waals surface area contributed by atoms with Gasteiger partial charge in [-0.25, -0.2) is 4.98 Å². The van der Waals surface area contributed by atoms with Gasteiger partial charge in [-0.2, -0.15) is 13.2 Å². The molecule has 0 saturated heterocycles. The van der Waals surface area contributed by atoms with E-state index in [4.69, 9.17) is 0 Å². The Morgan fingerprint density at radius 1 is 1.37 bits per heavy atom. The zero-order valence-electron chi connectivity index (χ0n) is 10.7. The van der Waals surface area contributed by atoms with Crippen LogP contribution in [0.5, 0.6) is 0 Å². The average molecular weight is 288 g/mol. The van der Waals surface area contributed by atoms with E-state index in [2.05, 4.69) is 24.1 Å². The van der Waals surface area contributed by atoms with Crippen molar-refractivity contribution in [3.8, 4) is 0 Å². The van der Waals surface area contributed by atoms with Crippen molar-refractivity contribution in [3.63, 3.8) is 0 Å². The van der Waals surface area contributed by atoms with Gasteiger partial charge in [0, 0.05) is 12.6 Å². The second kappa shape index (κ2) is 5.46. The van der Waals surface area contributed by atoms with E-state index < -0.39 is 11.7 Å². The smallest absolute Gasteiger partial charge is 0.308 e. The lowest BCUT2D eigenvalue weighted by Gasteiger charge is -2.08. The first-order valence-corrected chi connectivity index (χ1v) is 6.92. The highest BCUT2D eigenvalue weighted by molar-refractivity contribution is 7.18. The van der Waals surface area contributed by atoms with Crippen molar-refractivity contribution in [2.75, 3.05) is 0 Å². The Morgan fingerprint density at radius 3 is 2.74 bits per heavy atom. The summed E-state index contributed by atoms with van der Waals surface area (Å²) in [7, 11) is 0. The zero-order chi connectivity index (χ0) is 14.0. The fraction of sp³-hybridized carbons (Fsp3) is 0.462. The zero-order valence-corrected chi connectivity index (χ0v) is 11.5. The van der Waals surface area contributed by atoms with Gasteiger partial charge in [0.1, 0.15) is 5.01 Å². The predicted molar refractivity (Wildman–Crippen MR) is 71.2 cm³/mol. The molecule has 0 spiro atoms. The largest absolute Gasteiger partial charge is 0.416 e. The van der Waals surface area contributed by atoms with Gasteiger partial charge >= 0.3 is 6.18 Å². The number of alkyl halides is 3. The summed E-state index contributed by atoms with van der Waals surface area (Å²) in [6.45, 7) is 4.73. The highest BCUT2D eigenvalue weighted by atomic mass is 32.1. The van der Waals surface area contributed by atoms with Crippen LogP contribution >= 0.6 is 11.3 Å². The number of halogens is 3. The first-order valence-electron chi connectivity index (χ1n) is 6.10. The fourth-order valence-corrected chi connectivity index (χ4v) is 2.53. The molecule has 1 heterocycles. The van der Waals surface area contributed by atoms with E-state index in [-0.39, 0.29) is 0 Å². The highest BCUT2D eigenvalue weighted by Crippen LogP contribution is 2.32. The first-order chi connectivity index (χ1) is 8.90. The van der Waals surface area contributed by atoms with Crippen LogP contribution in [0.2, 0.25) is 0 Å². The Labute approximate surface area is 113 Å². The Kier molecular flexibility index (Phi) is 4.10. The SMILES string of the molecule is CCC(C)NCc1nc2cc(C(F)(F)F)ccc2s1. The lowest BCUT2D eigenvalue weighted by Crippen LogP contribution is -2.24. The molecule has 0 radical (unpaired) electrons. The van der Waals surface area contributed by atoms with E-state index in [1.54, 1.807) is 0 Å². The van der Waals surface area contributed by atoms with E-state index in [1.165, 1.54) is 17.4 Å². The summed E-state index contributed by atoms with van der Waals surface area (Å²) in [6, 6.07) is 4.07. The summed E-state index contributed by atoms with van der Waals surface area (Å²) in [4.78, 5) is 4.25. The first kappa shape index (κ1) is 14.3. The third-order valence-corrected chi connectivity index (χ3v) is 4.01. The Morgan fingerprint density at radius 2 is 2.11 bits per heavy atom. The number of hydrogen-bond acceptors (Lipinski definition) is 3. The normalized spacial score (nSPS) is 13.9. The van der Waals surface area contributed by atoms with Gasteiger partial charge in [-0.1, -0.05) is 6.92 Å². The van der Waals surface area contributed by atoms with Crippen LogP contribution in [0.3, 0.4) is 0 Å². The number of nitrogens with zero attached hydrogens (tertiary/aromatic N) is 1. The molecule has 19 heavy (non-hydrogen) atoms. The monoisotopic (exact) mass is 288 g/mol. The minimum atomic E-state index is -4.31. The number of hydrogen-bond donors (Lipinski definition) is 1. The summed E-state index contributed by atoms with van der Waals surface area (Å²) in [5.74, 6) is 0. The molecule has 2 rings (SSSR count). The van der Waals surface area contributed by atoms with Crippen molar-refractivity contribution in [3.05, 3.63) is 28.8 Å². The summed E-state index contributed by atoms with van der Waals surface area (Å²) in [5, 5.41) is 4.09. The molecular weight excluding hydrogens is 273 g/mol. The van der Waals surface area contributed by atoms with Gasteiger partial charge in [-0.05, 0) is 31.5 Å². The van der Waals surface area contributed by atoms with Gasteiger partial charge in [0.15, 0.2) is 0 Å². The van der Waals surface area contributed by atoms with Crippen molar-refractivity contribution >= 4 is 21.6 Å². The molecule has 1 unspecified atom stereocenters. The molecule has 1 N–H and O–H groups in total. The van der Waals surface area contributed by atoms with Crippen LogP contribution in [0, 0.1) is 0 Å². The van der Waals surface area contributed by atoms with Gasteiger partial charge < -0.3 is 5.32 Å². The summed E-state index contributed by atoms with van der Waals surface area (Å²) in [5.41, 5.74) is -0.229. The number of rotatable bonds is 4. The molecule has 2 aromatic rings. The molecule has 104 valence electrons. The maximum Gasteiger partial charge on any atom is 0.416 e. The molecule has 0 aliphatic carbocycles. The van der Waals surface area contributed by atoms with Crippen LogP contribution in [0.25, 0.3) is 10.2 Å². The second-order valence-electron chi connectivity index (χ2n) is 4.48. The van der Waals surface area contributed by atoms with Crippen molar-refractivity contribution in [1.29, 1.82) is 0 Å². The van der Waals surface area contributed by atoms with E-state index in [1.807, 2.05) is 0 Å². The van der Waals surface area contributed by atoms with Gasteiger partial charge in [-0.3, -0.25) is 0 Å².